The summed E-state index contributed by atoms with van der Waals surface area (Å²) in [6, 6.07) is 0. The van der Waals surface area contributed by atoms with Crippen molar-refractivity contribution in [1.82, 2.24) is 5.32 Å². The Bertz CT molecular complexity index is 600. The summed E-state index contributed by atoms with van der Waals surface area (Å²) < 4.78 is 12.1. The number of nitrogens with one attached hydrogen (secondary N) is 1. The highest BCUT2D eigenvalue weighted by molar-refractivity contribution is 6.45. The summed E-state index contributed by atoms with van der Waals surface area (Å²) in [7, 11) is -0.309. The lowest BCUT2D eigenvalue weighted by Crippen LogP contribution is -2.47. The van der Waals surface area contributed by atoms with E-state index in [1.165, 1.54) is 0 Å². The molecular formula is C20H37BN2O5. The van der Waals surface area contributed by atoms with Crippen molar-refractivity contribution in [2.24, 2.45) is 17.3 Å². The van der Waals surface area contributed by atoms with Crippen molar-refractivity contribution in [3.8, 4) is 0 Å². The molecule has 1 amide bonds. The van der Waals surface area contributed by atoms with E-state index < -0.39 is 5.41 Å². The van der Waals surface area contributed by atoms with E-state index in [4.69, 9.17) is 9.31 Å². The molecule has 0 bridgehead atoms. The van der Waals surface area contributed by atoms with E-state index in [1.807, 2.05) is 55.4 Å². The molecule has 28 heavy (non-hydrogen) atoms. The number of amides is 1. The molecule has 2 fully saturated rings. The van der Waals surface area contributed by atoms with Gasteiger partial charge in [0.25, 0.3) is 0 Å². The predicted molar refractivity (Wildman–Crippen MR) is 110 cm³/mol. The Kier molecular flexibility index (Phi) is 6.28. The Labute approximate surface area is 169 Å². The number of hydrogen-bond donors (Lipinski definition) is 1. The van der Waals surface area contributed by atoms with Gasteiger partial charge in [0, 0.05) is 21.8 Å². The molecule has 0 aromatic rings. The molecule has 0 spiro atoms. The first-order valence-electron chi connectivity index (χ1n) is 10.3. The third-order valence-electron chi connectivity index (χ3n) is 6.59. The first-order valence-corrected chi connectivity index (χ1v) is 10.3. The zero-order valence-electron chi connectivity index (χ0n) is 18.8. The number of carbonyl (C=O) groups is 1. The second-order valence-electron chi connectivity index (χ2n) is 11.0. The van der Waals surface area contributed by atoms with Crippen LogP contribution in [0.5, 0.6) is 0 Å². The summed E-state index contributed by atoms with van der Waals surface area (Å²) in [5.74, 6) is -0.000217. The third-order valence-corrected chi connectivity index (χ3v) is 6.59. The molecule has 2 aliphatic rings. The second kappa shape index (κ2) is 7.60. The largest absolute Gasteiger partial charge is 0.457 e. The zero-order chi connectivity index (χ0) is 21.5. The Hall–Kier alpha value is -1.15. The van der Waals surface area contributed by atoms with Gasteiger partial charge in [-0.2, -0.15) is 0 Å². The van der Waals surface area contributed by atoms with E-state index in [0.29, 0.717) is 19.2 Å². The number of rotatable bonds is 6. The highest BCUT2D eigenvalue weighted by Crippen LogP contribution is 2.48. The fourth-order valence-corrected chi connectivity index (χ4v) is 4.43. The first-order chi connectivity index (χ1) is 12.5. The van der Waals surface area contributed by atoms with E-state index >= 15 is 0 Å². The highest BCUT2D eigenvalue weighted by Gasteiger charge is 2.52. The van der Waals surface area contributed by atoms with Crippen LogP contribution in [-0.4, -0.2) is 41.2 Å². The van der Waals surface area contributed by atoms with E-state index in [2.05, 4.69) is 5.32 Å². The lowest BCUT2D eigenvalue weighted by atomic mass is 9.77. The average molecular weight is 396 g/mol. The zero-order valence-corrected chi connectivity index (χ0v) is 18.8. The Morgan fingerprint density at radius 1 is 1.11 bits per heavy atom. The molecular weight excluding hydrogens is 359 g/mol. The predicted octanol–water partition coefficient (Wildman–Crippen LogP) is 3.69. The van der Waals surface area contributed by atoms with Crippen LogP contribution in [0, 0.1) is 27.4 Å². The van der Waals surface area contributed by atoms with Gasteiger partial charge < -0.3 is 14.6 Å². The van der Waals surface area contributed by atoms with E-state index in [1.54, 1.807) is 0 Å². The molecule has 0 aromatic carbocycles. The summed E-state index contributed by atoms with van der Waals surface area (Å²) in [4.78, 5) is 23.8. The van der Waals surface area contributed by atoms with Crippen LogP contribution < -0.4 is 5.32 Å². The summed E-state index contributed by atoms with van der Waals surface area (Å²) >= 11 is 0. The average Bonchev–Trinajstić information content (AvgIpc) is 2.88. The Balaban J connectivity index is 2.05. The van der Waals surface area contributed by atoms with Gasteiger partial charge >= 0.3 is 7.12 Å². The normalized spacial score (nSPS) is 31.8. The molecule has 8 heteroatoms. The van der Waals surface area contributed by atoms with Gasteiger partial charge in [-0.1, -0.05) is 13.3 Å². The molecule has 0 aromatic heterocycles. The van der Waals surface area contributed by atoms with Crippen LogP contribution in [-0.2, 0) is 14.1 Å². The molecule has 2 rings (SSSR count). The van der Waals surface area contributed by atoms with Crippen LogP contribution in [0.15, 0.2) is 0 Å². The van der Waals surface area contributed by atoms with E-state index in [9.17, 15) is 14.9 Å². The Morgan fingerprint density at radius 3 is 2.07 bits per heavy atom. The van der Waals surface area contributed by atoms with Crippen molar-refractivity contribution in [3.63, 3.8) is 0 Å². The van der Waals surface area contributed by atoms with Gasteiger partial charge in [-0.25, -0.2) is 0 Å². The molecule has 1 N–H and O–H groups in total. The SMILES string of the molecule is CC(C)(C)NC(=O)[C@@]1(C)C[C@H](CCB2OC(C)(C)C(C)(C)O2)[C@@H](C[N+](=O)[O-])C1. The van der Waals surface area contributed by atoms with Gasteiger partial charge in [-0.3, -0.25) is 14.9 Å². The van der Waals surface area contributed by atoms with Gasteiger partial charge in [-0.15, -0.1) is 0 Å². The summed E-state index contributed by atoms with van der Waals surface area (Å²) in [6.45, 7) is 15.8. The van der Waals surface area contributed by atoms with Crippen molar-refractivity contribution < 1.29 is 19.0 Å². The van der Waals surface area contributed by atoms with Gasteiger partial charge in [-0.05, 0) is 73.5 Å². The molecule has 1 saturated heterocycles. The minimum absolute atomic E-state index is 0.00789. The topological polar surface area (TPSA) is 90.7 Å². The van der Waals surface area contributed by atoms with E-state index in [-0.39, 0.29) is 53.1 Å². The van der Waals surface area contributed by atoms with Crippen LogP contribution >= 0.6 is 0 Å². The van der Waals surface area contributed by atoms with Gasteiger partial charge in [0.2, 0.25) is 12.5 Å². The number of carbonyl (C=O) groups excluding carboxylic acids is 1. The maximum Gasteiger partial charge on any atom is 0.457 e. The monoisotopic (exact) mass is 396 g/mol. The molecule has 7 nitrogen and oxygen atoms in total. The van der Waals surface area contributed by atoms with Crippen LogP contribution in [0.3, 0.4) is 0 Å². The molecule has 1 aliphatic heterocycles. The van der Waals surface area contributed by atoms with Crippen LogP contribution in [0.1, 0.15) is 74.7 Å². The summed E-state index contributed by atoms with van der Waals surface area (Å²) in [5, 5.41) is 14.3. The standard InChI is InChI=1S/C20H37BN2O5/c1-17(2,3)22-16(24)20(8)11-14(15(12-20)13-23(25)26)9-10-21-27-18(4,5)19(6,7)28-21/h14-15H,9-13H2,1-8H3,(H,22,24)/t14-,15+,20-/m0/s1. The Morgan fingerprint density at radius 2 is 1.61 bits per heavy atom. The minimum Gasteiger partial charge on any atom is -0.403 e. The van der Waals surface area contributed by atoms with Crippen molar-refractivity contribution >= 4 is 13.0 Å². The van der Waals surface area contributed by atoms with Gasteiger partial charge in [0.05, 0.1) is 11.2 Å². The molecule has 160 valence electrons. The van der Waals surface area contributed by atoms with Crippen LogP contribution in [0.25, 0.3) is 0 Å². The minimum atomic E-state index is -0.575. The lowest BCUT2D eigenvalue weighted by molar-refractivity contribution is -0.489. The van der Waals surface area contributed by atoms with Crippen LogP contribution in [0.4, 0.5) is 0 Å². The molecule has 1 aliphatic carbocycles. The quantitative estimate of drug-likeness (QED) is 0.420. The molecule has 3 atom stereocenters. The number of hydrogen-bond acceptors (Lipinski definition) is 5. The fraction of sp³-hybridized carbons (Fsp3) is 0.950. The van der Waals surface area contributed by atoms with Gasteiger partial charge in [0.15, 0.2) is 0 Å². The third kappa shape index (κ3) is 5.26. The maximum atomic E-state index is 12.9. The lowest BCUT2D eigenvalue weighted by Gasteiger charge is -2.32. The summed E-state index contributed by atoms with van der Waals surface area (Å²) in [5.41, 5.74) is -1.66. The summed E-state index contributed by atoms with van der Waals surface area (Å²) in [6.07, 6.45) is 2.65. The highest BCUT2D eigenvalue weighted by atomic mass is 16.7. The van der Waals surface area contributed by atoms with Crippen molar-refractivity contribution in [1.29, 1.82) is 0 Å². The smallest absolute Gasteiger partial charge is 0.403 e. The van der Waals surface area contributed by atoms with Crippen LogP contribution in [0.2, 0.25) is 6.32 Å². The molecule has 0 radical (unpaired) electrons. The maximum absolute atomic E-state index is 12.9. The first kappa shape index (κ1) is 23.1. The number of nitro groups is 1. The van der Waals surface area contributed by atoms with Gasteiger partial charge in [0.1, 0.15) is 0 Å². The van der Waals surface area contributed by atoms with Crippen molar-refractivity contribution in [3.05, 3.63) is 10.1 Å². The van der Waals surface area contributed by atoms with E-state index in [0.717, 1.165) is 6.42 Å². The molecule has 0 unspecified atom stereocenters. The molecule has 1 heterocycles. The number of nitrogens with zero attached hydrogens (tertiary/aromatic N) is 1. The second-order valence-corrected chi connectivity index (χ2v) is 11.0. The molecule has 1 saturated carbocycles. The van der Waals surface area contributed by atoms with Crippen molar-refractivity contribution in [2.45, 2.75) is 97.7 Å². The van der Waals surface area contributed by atoms with Crippen molar-refractivity contribution in [2.75, 3.05) is 6.54 Å². The fourth-order valence-electron chi connectivity index (χ4n) is 4.43.